The third-order valence-electron chi connectivity index (χ3n) is 1.41. The van der Waals surface area contributed by atoms with Crippen LogP contribution in [0.5, 0.6) is 0 Å². The highest BCUT2D eigenvalue weighted by molar-refractivity contribution is 6.32. The van der Waals surface area contributed by atoms with Gasteiger partial charge < -0.3 is 9.73 Å². The van der Waals surface area contributed by atoms with Gasteiger partial charge >= 0.3 is 0 Å². The van der Waals surface area contributed by atoms with Crippen LogP contribution in [0.3, 0.4) is 0 Å². The molecule has 0 aliphatic carbocycles. The largest absolute Gasteiger partial charge is 0.452 e. The van der Waals surface area contributed by atoms with Gasteiger partial charge in [0.15, 0.2) is 0 Å². The Morgan fingerprint density at radius 2 is 2.46 bits per heavy atom. The topological polar surface area (TPSA) is 42.2 Å². The summed E-state index contributed by atoms with van der Waals surface area (Å²) in [5.74, 6) is -0.248. The Morgan fingerprint density at radius 3 is 2.92 bits per heavy atom. The molecule has 1 heterocycles. The number of halogens is 1. The van der Waals surface area contributed by atoms with E-state index in [1.165, 1.54) is 12.3 Å². The first-order chi connectivity index (χ1) is 6.11. The van der Waals surface area contributed by atoms with Gasteiger partial charge in [-0.15, -0.1) is 0 Å². The van der Waals surface area contributed by atoms with Gasteiger partial charge in [-0.25, -0.2) is 0 Å². The number of furan rings is 1. The summed E-state index contributed by atoms with van der Waals surface area (Å²) in [7, 11) is 0. The van der Waals surface area contributed by atoms with Gasteiger partial charge in [0.25, 0.3) is 5.91 Å². The lowest BCUT2D eigenvalue weighted by Gasteiger charge is -2.01. The van der Waals surface area contributed by atoms with Crippen LogP contribution in [0, 0.1) is 0 Å². The van der Waals surface area contributed by atoms with Gasteiger partial charge in [0, 0.05) is 6.54 Å². The van der Waals surface area contributed by atoms with Crippen LogP contribution in [0.25, 0.3) is 0 Å². The van der Waals surface area contributed by atoms with E-state index in [0.29, 0.717) is 12.1 Å². The molecule has 0 radical (unpaired) electrons. The zero-order chi connectivity index (χ0) is 9.84. The molecule has 1 aromatic rings. The molecule has 0 saturated carbocycles. The highest BCUT2D eigenvalue weighted by atomic mass is 35.5. The van der Waals surface area contributed by atoms with Gasteiger partial charge in [-0.05, 0) is 24.6 Å². The molecule has 1 N–H and O–H groups in total. The summed E-state index contributed by atoms with van der Waals surface area (Å²) in [6, 6.07) is 1.52. The SMILES string of the molecule is C=C(C)CNC(=O)c1ccoc1Cl. The van der Waals surface area contributed by atoms with Crippen LogP contribution in [0.4, 0.5) is 0 Å². The van der Waals surface area contributed by atoms with Gasteiger partial charge in [0.1, 0.15) is 0 Å². The molecule has 3 nitrogen and oxygen atoms in total. The van der Waals surface area contributed by atoms with E-state index in [2.05, 4.69) is 11.9 Å². The number of amides is 1. The first-order valence-corrected chi connectivity index (χ1v) is 4.14. The molecule has 70 valence electrons. The quantitative estimate of drug-likeness (QED) is 0.759. The van der Waals surface area contributed by atoms with E-state index in [9.17, 15) is 4.79 Å². The number of hydrogen-bond donors (Lipinski definition) is 1. The molecule has 1 amide bonds. The minimum absolute atomic E-state index is 0.110. The molecule has 1 rings (SSSR count). The molecule has 0 spiro atoms. The van der Waals surface area contributed by atoms with Crippen LogP contribution in [-0.4, -0.2) is 12.5 Å². The Kier molecular flexibility index (Phi) is 3.14. The fraction of sp³-hybridized carbons (Fsp3) is 0.222. The lowest BCUT2D eigenvalue weighted by atomic mass is 10.3. The van der Waals surface area contributed by atoms with Crippen molar-refractivity contribution in [1.82, 2.24) is 5.32 Å². The van der Waals surface area contributed by atoms with Gasteiger partial charge in [-0.2, -0.15) is 0 Å². The summed E-state index contributed by atoms with van der Waals surface area (Å²) in [4.78, 5) is 11.3. The Labute approximate surface area is 81.4 Å². The molecule has 1 aromatic heterocycles. The second kappa shape index (κ2) is 4.14. The summed E-state index contributed by atoms with van der Waals surface area (Å²) in [6.07, 6.45) is 1.37. The van der Waals surface area contributed by atoms with Crippen molar-refractivity contribution in [3.05, 3.63) is 35.3 Å². The smallest absolute Gasteiger partial charge is 0.256 e. The molecule has 0 fully saturated rings. The Hall–Kier alpha value is -1.22. The standard InChI is InChI=1S/C9H10ClNO2/c1-6(2)5-11-9(12)7-3-4-13-8(7)10/h3-4H,1,5H2,2H3,(H,11,12). The highest BCUT2D eigenvalue weighted by Gasteiger charge is 2.11. The fourth-order valence-electron chi connectivity index (χ4n) is 0.782. The Morgan fingerprint density at radius 1 is 1.77 bits per heavy atom. The van der Waals surface area contributed by atoms with Crippen LogP contribution >= 0.6 is 11.6 Å². The third kappa shape index (κ3) is 2.63. The molecule has 0 aliphatic heterocycles. The molecular weight excluding hydrogens is 190 g/mol. The summed E-state index contributed by atoms with van der Waals surface area (Å²) >= 11 is 5.60. The van der Waals surface area contributed by atoms with Crippen LogP contribution < -0.4 is 5.32 Å². The molecule has 0 aliphatic rings. The zero-order valence-corrected chi connectivity index (χ0v) is 8.02. The van der Waals surface area contributed by atoms with Crippen LogP contribution in [-0.2, 0) is 0 Å². The van der Waals surface area contributed by atoms with Crippen molar-refractivity contribution in [2.24, 2.45) is 0 Å². The van der Waals surface area contributed by atoms with Crippen molar-refractivity contribution in [2.75, 3.05) is 6.54 Å². The van der Waals surface area contributed by atoms with Crippen molar-refractivity contribution >= 4 is 17.5 Å². The Balaban J connectivity index is 2.59. The molecule has 4 heteroatoms. The third-order valence-corrected chi connectivity index (χ3v) is 1.71. The predicted octanol–water partition coefficient (Wildman–Crippen LogP) is 2.24. The van der Waals surface area contributed by atoms with Crippen LogP contribution in [0.1, 0.15) is 17.3 Å². The van der Waals surface area contributed by atoms with Crippen molar-refractivity contribution in [2.45, 2.75) is 6.92 Å². The lowest BCUT2D eigenvalue weighted by Crippen LogP contribution is -2.24. The first kappa shape index (κ1) is 9.86. The van der Waals surface area contributed by atoms with E-state index in [-0.39, 0.29) is 11.1 Å². The second-order valence-electron chi connectivity index (χ2n) is 2.75. The summed E-state index contributed by atoms with van der Waals surface area (Å²) < 4.78 is 4.77. The number of carbonyl (C=O) groups is 1. The van der Waals surface area contributed by atoms with Crippen molar-refractivity contribution in [3.8, 4) is 0 Å². The van der Waals surface area contributed by atoms with Gasteiger partial charge in [-0.1, -0.05) is 12.2 Å². The minimum Gasteiger partial charge on any atom is -0.452 e. The van der Waals surface area contributed by atoms with Gasteiger partial charge in [0.05, 0.1) is 11.8 Å². The maximum atomic E-state index is 11.3. The van der Waals surface area contributed by atoms with Crippen molar-refractivity contribution in [1.29, 1.82) is 0 Å². The predicted molar refractivity (Wildman–Crippen MR) is 50.9 cm³/mol. The van der Waals surface area contributed by atoms with E-state index in [4.69, 9.17) is 16.0 Å². The number of carbonyl (C=O) groups excluding carboxylic acids is 1. The summed E-state index contributed by atoms with van der Waals surface area (Å²) in [5.41, 5.74) is 1.23. The maximum Gasteiger partial charge on any atom is 0.256 e. The minimum atomic E-state index is -0.248. The van der Waals surface area contributed by atoms with Crippen LogP contribution in [0.15, 0.2) is 28.9 Å². The van der Waals surface area contributed by atoms with E-state index in [1.807, 2.05) is 6.92 Å². The summed E-state index contributed by atoms with van der Waals surface area (Å²) in [6.45, 7) is 5.94. The lowest BCUT2D eigenvalue weighted by molar-refractivity contribution is 0.0956. The van der Waals surface area contributed by atoms with E-state index in [0.717, 1.165) is 5.57 Å². The summed E-state index contributed by atoms with van der Waals surface area (Å²) in [5, 5.41) is 2.75. The molecule has 0 atom stereocenters. The van der Waals surface area contributed by atoms with E-state index >= 15 is 0 Å². The zero-order valence-electron chi connectivity index (χ0n) is 7.26. The molecule has 0 bridgehead atoms. The highest BCUT2D eigenvalue weighted by Crippen LogP contribution is 2.15. The molecule has 0 unspecified atom stereocenters. The average Bonchev–Trinajstić information content (AvgIpc) is 2.47. The van der Waals surface area contributed by atoms with E-state index < -0.39 is 0 Å². The number of rotatable bonds is 3. The van der Waals surface area contributed by atoms with Crippen LogP contribution in [0.2, 0.25) is 5.22 Å². The normalized spacial score (nSPS) is 9.69. The fourth-order valence-corrected chi connectivity index (χ4v) is 0.982. The second-order valence-corrected chi connectivity index (χ2v) is 3.09. The molecular formula is C9H10ClNO2. The van der Waals surface area contributed by atoms with Crippen molar-refractivity contribution in [3.63, 3.8) is 0 Å². The van der Waals surface area contributed by atoms with Gasteiger partial charge in [0.2, 0.25) is 5.22 Å². The average molecular weight is 200 g/mol. The number of nitrogens with one attached hydrogen (secondary N) is 1. The van der Waals surface area contributed by atoms with Gasteiger partial charge in [-0.3, -0.25) is 4.79 Å². The number of hydrogen-bond acceptors (Lipinski definition) is 2. The molecule has 13 heavy (non-hydrogen) atoms. The Bertz CT molecular complexity index is 330. The maximum absolute atomic E-state index is 11.3. The molecule has 0 aromatic carbocycles. The van der Waals surface area contributed by atoms with E-state index in [1.54, 1.807) is 0 Å². The monoisotopic (exact) mass is 199 g/mol. The van der Waals surface area contributed by atoms with Crippen molar-refractivity contribution < 1.29 is 9.21 Å². The molecule has 0 saturated heterocycles. The first-order valence-electron chi connectivity index (χ1n) is 3.77.